The number of alkyl halides is 6. The van der Waals surface area contributed by atoms with Gasteiger partial charge in [0.25, 0.3) is 0 Å². The first-order chi connectivity index (χ1) is 16.9. The Morgan fingerprint density at radius 1 is 1.14 bits per heavy atom. The number of ether oxygens (including phenoxy) is 1. The number of anilines is 1. The summed E-state index contributed by atoms with van der Waals surface area (Å²) in [4.78, 5) is 5.81. The molecule has 2 N–H and O–H groups in total. The fourth-order valence-electron chi connectivity index (χ4n) is 4.90. The van der Waals surface area contributed by atoms with Crippen LogP contribution in [0, 0.1) is 18.8 Å². The molecule has 2 fully saturated rings. The Morgan fingerprint density at radius 3 is 2.58 bits per heavy atom. The van der Waals surface area contributed by atoms with Gasteiger partial charge in [0, 0.05) is 25.4 Å². The van der Waals surface area contributed by atoms with Gasteiger partial charge in [-0.05, 0) is 37.0 Å². The fourth-order valence-corrected chi connectivity index (χ4v) is 4.90. The molecule has 15 heteroatoms. The number of nitrogens with zero attached hydrogens (tertiary/aromatic N) is 6. The number of piperidine rings is 1. The van der Waals surface area contributed by atoms with E-state index in [0.29, 0.717) is 23.2 Å². The van der Waals surface area contributed by atoms with Gasteiger partial charge in [-0.2, -0.15) is 31.3 Å². The van der Waals surface area contributed by atoms with Crippen molar-refractivity contribution >= 4 is 5.95 Å². The Kier molecular flexibility index (Phi) is 5.84. The molecule has 0 radical (unpaired) electrons. The van der Waals surface area contributed by atoms with E-state index in [4.69, 9.17) is 14.9 Å². The summed E-state index contributed by atoms with van der Waals surface area (Å²) in [6.45, 7) is 0.375. The first kappa shape index (κ1) is 24.3. The summed E-state index contributed by atoms with van der Waals surface area (Å²) in [6.07, 6.45) is -7.82. The number of aryl methyl sites for hydroxylation is 1. The minimum atomic E-state index is -4.69. The average Bonchev–Trinajstić information content (AvgIpc) is 3.43. The van der Waals surface area contributed by atoms with Crippen LogP contribution in [0.15, 0.2) is 28.7 Å². The van der Waals surface area contributed by atoms with Crippen LogP contribution < -0.4 is 15.4 Å². The highest BCUT2D eigenvalue weighted by molar-refractivity contribution is 5.39. The number of hydrogen-bond acceptors (Lipinski definition) is 8. The molecule has 5 rings (SSSR count). The summed E-state index contributed by atoms with van der Waals surface area (Å²) in [6, 6.07) is 2.40. The van der Waals surface area contributed by atoms with Crippen molar-refractivity contribution in [1.82, 2.24) is 25.0 Å². The van der Waals surface area contributed by atoms with E-state index >= 15 is 0 Å². The molecule has 4 unspecified atom stereocenters. The highest BCUT2D eigenvalue weighted by Crippen LogP contribution is 2.48. The van der Waals surface area contributed by atoms with Crippen LogP contribution in [-0.4, -0.2) is 43.7 Å². The standard InChI is InChI=1S/C21H21F6N7O2/c1-10-30-31-17(35-10)16-14-6-5-11(15(14)28)8-33(16)18-29-19(34(32-18)9-20(22,23)24)36-13-4-2-3-12(7-13)21(25,26)27/h2-4,7,11,14-16H,5-6,8-9,28H2,1H3. The second kappa shape index (κ2) is 8.64. The first-order valence-corrected chi connectivity index (χ1v) is 11.1. The minimum Gasteiger partial charge on any atom is -0.424 e. The zero-order valence-corrected chi connectivity index (χ0v) is 18.8. The van der Waals surface area contributed by atoms with Crippen molar-refractivity contribution in [1.29, 1.82) is 0 Å². The molecule has 2 aliphatic rings. The van der Waals surface area contributed by atoms with Crippen molar-refractivity contribution in [3.63, 3.8) is 0 Å². The molecule has 1 aliphatic carbocycles. The van der Waals surface area contributed by atoms with Crippen molar-refractivity contribution in [3.8, 4) is 11.8 Å². The predicted molar refractivity (Wildman–Crippen MR) is 111 cm³/mol. The molecular weight excluding hydrogens is 496 g/mol. The third-order valence-electron chi connectivity index (χ3n) is 6.46. The molecule has 3 aromatic rings. The molecule has 1 aromatic carbocycles. The Balaban J connectivity index is 1.53. The second-order valence-electron chi connectivity index (χ2n) is 8.93. The van der Waals surface area contributed by atoms with Crippen LogP contribution in [0.2, 0.25) is 0 Å². The zero-order valence-electron chi connectivity index (χ0n) is 18.8. The van der Waals surface area contributed by atoms with E-state index in [1.807, 2.05) is 0 Å². The van der Waals surface area contributed by atoms with E-state index in [1.165, 1.54) is 6.07 Å². The quantitative estimate of drug-likeness (QED) is 0.501. The number of aromatic nitrogens is 5. The largest absolute Gasteiger partial charge is 0.424 e. The van der Waals surface area contributed by atoms with Crippen LogP contribution in [0.1, 0.15) is 36.2 Å². The van der Waals surface area contributed by atoms with Crippen LogP contribution in [0.3, 0.4) is 0 Å². The summed E-state index contributed by atoms with van der Waals surface area (Å²) in [5.41, 5.74) is 5.38. The number of hydrogen-bond donors (Lipinski definition) is 1. The number of rotatable bonds is 5. The summed E-state index contributed by atoms with van der Waals surface area (Å²) in [7, 11) is 0. The molecule has 3 heterocycles. The second-order valence-corrected chi connectivity index (χ2v) is 8.93. The number of halogens is 6. The van der Waals surface area contributed by atoms with Crippen molar-refractivity contribution in [2.24, 2.45) is 17.6 Å². The van der Waals surface area contributed by atoms with Gasteiger partial charge in [0.2, 0.25) is 17.7 Å². The lowest BCUT2D eigenvalue weighted by molar-refractivity contribution is -0.143. The summed E-state index contributed by atoms with van der Waals surface area (Å²) in [5.74, 6) is 0.00940. The molecule has 0 spiro atoms. The van der Waals surface area contributed by atoms with E-state index < -0.39 is 36.5 Å². The molecule has 2 bridgehead atoms. The van der Waals surface area contributed by atoms with Gasteiger partial charge in [-0.3, -0.25) is 0 Å². The first-order valence-electron chi connectivity index (χ1n) is 11.1. The van der Waals surface area contributed by atoms with Crippen molar-refractivity contribution < 1.29 is 35.5 Å². The van der Waals surface area contributed by atoms with Crippen molar-refractivity contribution in [3.05, 3.63) is 41.6 Å². The SMILES string of the molecule is Cc1nnc(C2C3CCC(CN2c2nc(Oc4cccc(C(F)(F)F)c4)n(CC(F)(F)F)n2)C3N)o1. The maximum atomic E-state index is 13.3. The zero-order chi connectivity index (χ0) is 25.8. The third kappa shape index (κ3) is 4.70. The van der Waals surface area contributed by atoms with Crippen LogP contribution in [0.25, 0.3) is 0 Å². The predicted octanol–water partition coefficient (Wildman–Crippen LogP) is 4.26. The number of fused-ring (bicyclic) bond motifs is 2. The molecule has 1 saturated carbocycles. The maximum absolute atomic E-state index is 13.3. The summed E-state index contributed by atoms with van der Waals surface area (Å²) in [5, 5.41) is 12.0. The smallest absolute Gasteiger partial charge is 0.416 e. The summed E-state index contributed by atoms with van der Waals surface area (Å²) < 4.78 is 90.7. The average molecular weight is 517 g/mol. The Labute approximate surface area is 200 Å². The highest BCUT2D eigenvalue weighted by Gasteiger charge is 2.50. The lowest BCUT2D eigenvalue weighted by atomic mass is 9.86. The third-order valence-corrected chi connectivity index (χ3v) is 6.46. The van der Waals surface area contributed by atoms with Crippen LogP contribution in [0.5, 0.6) is 11.8 Å². The van der Waals surface area contributed by atoms with E-state index in [1.54, 1.807) is 11.8 Å². The van der Waals surface area contributed by atoms with Gasteiger partial charge < -0.3 is 19.8 Å². The molecule has 4 atom stereocenters. The van der Waals surface area contributed by atoms with Gasteiger partial charge in [0.1, 0.15) is 18.3 Å². The normalized spacial score (nSPS) is 24.4. The molecule has 0 amide bonds. The van der Waals surface area contributed by atoms with Crippen molar-refractivity contribution in [2.45, 2.75) is 50.7 Å². The Morgan fingerprint density at radius 2 is 1.92 bits per heavy atom. The number of benzene rings is 1. The molecular formula is C21H21F6N7O2. The van der Waals surface area contributed by atoms with Gasteiger partial charge in [0.15, 0.2) is 0 Å². The van der Waals surface area contributed by atoms with Gasteiger partial charge in [-0.25, -0.2) is 4.68 Å². The molecule has 36 heavy (non-hydrogen) atoms. The Bertz CT molecular complexity index is 1240. The highest BCUT2D eigenvalue weighted by atomic mass is 19.4. The van der Waals surface area contributed by atoms with Crippen LogP contribution >= 0.6 is 0 Å². The van der Waals surface area contributed by atoms with E-state index in [0.717, 1.165) is 25.0 Å². The molecule has 1 aliphatic heterocycles. The monoisotopic (exact) mass is 517 g/mol. The molecule has 2 aromatic heterocycles. The number of nitrogens with two attached hydrogens (primary N) is 1. The van der Waals surface area contributed by atoms with Crippen LogP contribution in [0.4, 0.5) is 32.3 Å². The minimum absolute atomic E-state index is 0.0395. The van der Waals surface area contributed by atoms with Gasteiger partial charge in [-0.15, -0.1) is 15.3 Å². The fraction of sp³-hybridized carbons (Fsp3) is 0.524. The Hall–Kier alpha value is -3.36. The maximum Gasteiger partial charge on any atom is 0.416 e. The molecule has 1 saturated heterocycles. The van der Waals surface area contributed by atoms with Gasteiger partial charge in [-0.1, -0.05) is 6.07 Å². The molecule has 9 nitrogen and oxygen atoms in total. The summed E-state index contributed by atoms with van der Waals surface area (Å²) >= 11 is 0. The van der Waals surface area contributed by atoms with E-state index in [9.17, 15) is 26.3 Å². The van der Waals surface area contributed by atoms with Crippen LogP contribution in [-0.2, 0) is 12.7 Å². The van der Waals surface area contributed by atoms with Gasteiger partial charge in [0.05, 0.1) is 5.56 Å². The van der Waals surface area contributed by atoms with Crippen molar-refractivity contribution in [2.75, 3.05) is 11.4 Å². The van der Waals surface area contributed by atoms with E-state index in [2.05, 4.69) is 20.3 Å². The topological polar surface area (TPSA) is 108 Å². The lowest BCUT2D eigenvalue weighted by Gasteiger charge is -2.41. The van der Waals surface area contributed by atoms with E-state index in [-0.39, 0.29) is 35.5 Å². The lowest BCUT2D eigenvalue weighted by Crippen LogP contribution is -2.51. The van der Waals surface area contributed by atoms with Gasteiger partial charge >= 0.3 is 18.4 Å². The molecule has 194 valence electrons.